The van der Waals surface area contributed by atoms with Crippen LogP contribution < -0.4 is 5.32 Å². The van der Waals surface area contributed by atoms with Gasteiger partial charge in [-0.3, -0.25) is 4.79 Å². The van der Waals surface area contributed by atoms with E-state index in [1.807, 2.05) is 0 Å². The van der Waals surface area contributed by atoms with Gasteiger partial charge >= 0.3 is 0 Å². The summed E-state index contributed by atoms with van der Waals surface area (Å²) in [5, 5.41) is 6.64. The Bertz CT molecular complexity index is 1140. The Kier molecular flexibility index (Phi) is 4.55. The molecular formula is C19H12F2N6O. The van der Waals surface area contributed by atoms with E-state index in [0.717, 1.165) is 6.20 Å². The molecule has 138 valence electrons. The average molecular weight is 378 g/mol. The van der Waals surface area contributed by atoms with Crippen LogP contribution in [-0.2, 0) is 0 Å². The Morgan fingerprint density at radius 3 is 2.61 bits per heavy atom. The summed E-state index contributed by atoms with van der Waals surface area (Å²) in [5.74, 6) is -1.08. The predicted molar refractivity (Wildman–Crippen MR) is 96.7 cm³/mol. The number of amides is 1. The quantitative estimate of drug-likeness (QED) is 0.589. The predicted octanol–water partition coefficient (Wildman–Crippen LogP) is 3.25. The van der Waals surface area contributed by atoms with Crippen LogP contribution in [0.5, 0.6) is 0 Å². The Hall–Kier alpha value is -4.01. The molecule has 1 aromatic carbocycles. The molecular weight excluding hydrogens is 366 g/mol. The first kappa shape index (κ1) is 17.4. The highest BCUT2D eigenvalue weighted by atomic mass is 19.1. The average Bonchev–Trinajstić information content (AvgIpc) is 3.19. The number of para-hydroxylation sites is 1. The first-order chi connectivity index (χ1) is 13.6. The molecule has 3 aromatic heterocycles. The highest BCUT2D eigenvalue weighted by Crippen LogP contribution is 2.17. The van der Waals surface area contributed by atoms with Crippen molar-refractivity contribution in [2.24, 2.45) is 0 Å². The van der Waals surface area contributed by atoms with Crippen LogP contribution in [0.3, 0.4) is 0 Å². The number of rotatable bonds is 4. The lowest BCUT2D eigenvalue weighted by atomic mass is 10.3. The third kappa shape index (κ3) is 3.45. The van der Waals surface area contributed by atoms with Gasteiger partial charge in [0.25, 0.3) is 5.91 Å². The van der Waals surface area contributed by atoms with Crippen molar-refractivity contribution in [1.82, 2.24) is 24.7 Å². The van der Waals surface area contributed by atoms with Crippen molar-refractivity contribution < 1.29 is 13.6 Å². The number of hydrogen-bond acceptors (Lipinski definition) is 5. The largest absolute Gasteiger partial charge is 0.305 e. The number of carbonyl (C=O) groups is 1. The zero-order valence-electron chi connectivity index (χ0n) is 14.3. The van der Waals surface area contributed by atoms with Crippen LogP contribution in [0.2, 0.25) is 0 Å². The van der Waals surface area contributed by atoms with Gasteiger partial charge in [0, 0.05) is 6.20 Å². The monoisotopic (exact) mass is 378 g/mol. The van der Waals surface area contributed by atoms with Crippen molar-refractivity contribution in [2.45, 2.75) is 0 Å². The molecule has 0 unspecified atom stereocenters. The molecule has 9 heteroatoms. The van der Waals surface area contributed by atoms with E-state index in [1.54, 1.807) is 12.1 Å². The molecule has 1 amide bonds. The molecule has 4 aromatic rings. The molecule has 1 N–H and O–H groups in total. The van der Waals surface area contributed by atoms with Crippen LogP contribution in [-0.4, -0.2) is 30.6 Å². The van der Waals surface area contributed by atoms with E-state index < -0.39 is 17.5 Å². The van der Waals surface area contributed by atoms with Crippen LogP contribution in [0.15, 0.2) is 67.1 Å². The normalized spacial score (nSPS) is 10.6. The van der Waals surface area contributed by atoms with Gasteiger partial charge in [-0.05, 0) is 36.4 Å². The molecule has 7 nitrogen and oxygen atoms in total. The number of anilines is 1. The second-order valence-electron chi connectivity index (χ2n) is 5.66. The number of carbonyl (C=O) groups excluding carboxylic acids is 1. The van der Waals surface area contributed by atoms with Crippen molar-refractivity contribution in [3.05, 3.63) is 84.4 Å². The van der Waals surface area contributed by atoms with Crippen LogP contribution in [0.4, 0.5) is 14.6 Å². The van der Waals surface area contributed by atoms with E-state index in [2.05, 4.69) is 25.4 Å². The smallest absolute Gasteiger partial charge is 0.275 e. The molecule has 0 saturated carbocycles. The summed E-state index contributed by atoms with van der Waals surface area (Å²) in [6, 6.07) is 11.6. The van der Waals surface area contributed by atoms with Crippen LogP contribution in [0.25, 0.3) is 17.2 Å². The van der Waals surface area contributed by atoms with Gasteiger partial charge in [-0.15, -0.1) is 0 Å². The summed E-state index contributed by atoms with van der Waals surface area (Å²) in [5.41, 5.74) is 0.635. The van der Waals surface area contributed by atoms with E-state index in [1.165, 1.54) is 53.5 Å². The fourth-order valence-electron chi connectivity index (χ4n) is 2.53. The minimum absolute atomic E-state index is 0.130. The number of nitrogens with zero attached hydrogens (tertiary/aromatic N) is 5. The summed E-state index contributed by atoms with van der Waals surface area (Å²) >= 11 is 0. The van der Waals surface area contributed by atoms with Gasteiger partial charge in [-0.25, -0.2) is 28.4 Å². The highest BCUT2D eigenvalue weighted by molar-refractivity contribution is 6.02. The second-order valence-corrected chi connectivity index (χ2v) is 5.66. The minimum atomic E-state index is -0.530. The van der Waals surface area contributed by atoms with Crippen molar-refractivity contribution in [2.75, 3.05) is 5.32 Å². The molecule has 0 aliphatic carbocycles. The maximum atomic E-state index is 14.0. The van der Waals surface area contributed by atoms with Gasteiger partial charge in [0.1, 0.15) is 34.5 Å². The first-order valence-corrected chi connectivity index (χ1v) is 8.17. The fraction of sp³-hybridized carbons (Fsp3) is 0. The Balaban J connectivity index is 1.60. The first-order valence-electron chi connectivity index (χ1n) is 8.17. The Labute approximate surface area is 157 Å². The van der Waals surface area contributed by atoms with Gasteiger partial charge in [0.05, 0.1) is 12.4 Å². The van der Waals surface area contributed by atoms with Gasteiger partial charge in [0.15, 0.2) is 5.82 Å². The Morgan fingerprint density at radius 2 is 1.82 bits per heavy atom. The lowest BCUT2D eigenvalue weighted by Crippen LogP contribution is -2.18. The molecule has 28 heavy (non-hydrogen) atoms. The van der Waals surface area contributed by atoms with Crippen molar-refractivity contribution in [3.63, 3.8) is 0 Å². The molecule has 0 fully saturated rings. The second kappa shape index (κ2) is 7.31. The lowest BCUT2D eigenvalue weighted by molar-refractivity contribution is 0.101. The number of halogens is 2. The van der Waals surface area contributed by atoms with Crippen molar-refractivity contribution >= 4 is 11.7 Å². The van der Waals surface area contributed by atoms with Crippen LogP contribution in [0, 0.1) is 11.6 Å². The highest BCUT2D eigenvalue weighted by Gasteiger charge is 2.16. The van der Waals surface area contributed by atoms with E-state index in [0.29, 0.717) is 5.69 Å². The number of aromatic nitrogens is 5. The van der Waals surface area contributed by atoms with E-state index in [-0.39, 0.29) is 23.0 Å². The van der Waals surface area contributed by atoms with Gasteiger partial charge in [-0.1, -0.05) is 12.1 Å². The molecule has 0 bridgehead atoms. The zero-order valence-corrected chi connectivity index (χ0v) is 14.3. The summed E-state index contributed by atoms with van der Waals surface area (Å²) in [6.45, 7) is 0. The summed E-state index contributed by atoms with van der Waals surface area (Å²) < 4.78 is 28.3. The van der Waals surface area contributed by atoms with Gasteiger partial charge in [0.2, 0.25) is 0 Å². The number of pyridine rings is 1. The van der Waals surface area contributed by atoms with Gasteiger partial charge in [-0.2, -0.15) is 5.10 Å². The fourth-order valence-corrected chi connectivity index (χ4v) is 2.53. The van der Waals surface area contributed by atoms with Crippen molar-refractivity contribution in [3.8, 4) is 17.2 Å². The molecule has 0 aliphatic heterocycles. The standard InChI is InChI=1S/C19H12F2N6O/c20-12-5-6-14(23-11-12)18-22-9-8-17(25-18)26-19(28)16-7-10-24-27(16)15-4-2-1-3-13(15)21/h1-11H,(H,22,25,26,28). The zero-order chi connectivity index (χ0) is 19.5. The molecule has 4 rings (SSSR count). The maximum Gasteiger partial charge on any atom is 0.275 e. The molecule has 0 atom stereocenters. The molecule has 3 heterocycles. The topological polar surface area (TPSA) is 85.6 Å². The van der Waals surface area contributed by atoms with E-state index in [9.17, 15) is 13.6 Å². The van der Waals surface area contributed by atoms with Crippen LogP contribution >= 0.6 is 0 Å². The summed E-state index contributed by atoms with van der Waals surface area (Å²) in [7, 11) is 0. The number of hydrogen-bond donors (Lipinski definition) is 1. The third-order valence-corrected chi connectivity index (χ3v) is 3.81. The van der Waals surface area contributed by atoms with Crippen LogP contribution in [0.1, 0.15) is 10.5 Å². The van der Waals surface area contributed by atoms with Crippen molar-refractivity contribution in [1.29, 1.82) is 0 Å². The summed E-state index contributed by atoms with van der Waals surface area (Å²) in [6.07, 6.45) is 3.89. The third-order valence-electron chi connectivity index (χ3n) is 3.81. The molecule has 0 aliphatic rings. The molecule has 0 spiro atoms. The number of nitrogens with one attached hydrogen (secondary N) is 1. The summed E-state index contributed by atoms with van der Waals surface area (Å²) in [4.78, 5) is 24.8. The van der Waals surface area contributed by atoms with E-state index >= 15 is 0 Å². The lowest BCUT2D eigenvalue weighted by Gasteiger charge is -2.09. The molecule has 0 radical (unpaired) electrons. The minimum Gasteiger partial charge on any atom is -0.305 e. The van der Waals surface area contributed by atoms with Gasteiger partial charge < -0.3 is 5.32 Å². The SMILES string of the molecule is O=C(Nc1ccnc(-c2ccc(F)cn2)n1)c1ccnn1-c1ccccc1F. The van der Waals surface area contributed by atoms with E-state index in [4.69, 9.17) is 0 Å². The molecule has 0 saturated heterocycles. The Morgan fingerprint density at radius 1 is 0.964 bits per heavy atom. The maximum absolute atomic E-state index is 14.0. The number of benzene rings is 1.